The van der Waals surface area contributed by atoms with Gasteiger partial charge in [-0.25, -0.2) is 0 Å². The molecule has 2 aromatic rings. The van der Waals surface area contributed by atoms with E-state index in [1.807, 2.05) is 31.2 Å². The first kappa shape index (κ1) is 12.9. The fourth-order valence-corrected chi connectivity index (χ4v) is 1.98. The molecule has 5 heteroatoms. The number of aryl methyl sites for hydroxylation is 1. The van der Waals surface area contributed by atoms with Gasteiger partial charge >= 0.3 is 0 Å². The van der Waals surface area contributed by atoms with Crippen molar-refractivity contribution in [1.29, 1.82) is 0 Å². The molecule has 0 saturated heterocycles. The second kappa shape index (κ2) is 5.42. The Labute approximate surface area is 111 Å². The maximum atomic E-state index is 6.02. The number of methoxy groups -OCH3 is 1. The van der Waals surface area contributed by atoms with Gasteiger partial charge in [-0.15, -0.1) is 0 Å². The summed E-state index contributed by atoms with van der Waals surface area (Å²) in [6.45, 7) is 2.34. The summed E-state index contributed by atoms with van der Waals surface area (Å²) < 4.78 is 6.94. The van der Waals surface area contributed by atoms with E-state index in [1.54, 1.807) is 18.0 Å². The Morgan fingerprint density at radius 3 is 2.50 bits per heavy atom. The molecule has 0 saturated carbocycles. The first-order chi connectivity index (χ1) is 8.65. The number of nitrogens with zero attached hydrogens (tertiary/aromatic N) is 2. The second-order valence-corrected chi connectivity index (χ2v) is 4.47. The first-order valence-corrected chi connectivity index (χ1v) is 6.08. The van der Waals surface area contributed by atoms with Crippen LogP contribution in [0.2, 0.25) is 5.02 Å². The highest BCUT2D eigenvalue weighted by Gasteiger charge is 2.14. The van der Waals surface area contributed by atoms with E-state index in [0.29, 0.717) is 11.6 Å². The summed E-state index contributed by atoms with van der Waals surface area (Å²) in [6.07, 6.45) is 1.80. The van der Waals surface area contributed by atoms with Crippen molar-refractivity contribution in [2.45, 2.75) is 13.0 Å². The average Bonchev–Trinajstić information content (AvgIpc) is 2.71. The van der Waals surface area contributed by atoms with Gasteiger partial charge < -0.3 is 10.5 Å². The average molecular weight is 266 g/mol. The zero-order chi connectivity index (χ0) is 13.1. The zero-order valence-corrected chi connectivity index (χ0v) is 11.2. The Morgan fingerprint density at radius 1 is 1.39 bits per heavy atom. The highest BCUT2D eigenvalue weighted by molar-refractivity contribution is 6.31. The molecule has 0 aliphatic rings. The van der Waals surface area contributed by atoms with Gasteiger partial charge in [0, 0.05) is 12.7 Å². The van der Waals surface area contributed by atoms with Crippen LogP contribution in [0.5, 0.6) is 5.75 Å². The Kier molecular flexibility index (Phi) is 3.89. The number of benzene rings is 1. The van der Waals surface area contributed by atoms with E-state index >= 15 is 0 Å². The molecule has 1 aromatic heterocycles. The van der Waals surface area contributed by atoms with Crippen LogP contribution >= 0.6 is 11.6 Å². The van der Waals surface area contributed by atoms with Gasteiger partial charge in [0.25, 0.3) is 0 Å². The quantitative estimate of drug-likeness (QED) is 0.924. The van der Waals surface area contributed by atoms with Gasteiger partial charge in [0.15, 0.2) is 0 Å². The van der Waals surface area contributed by atoms with Crippen molar-refractivity contribution in [2.75, 3.05) is 13.7 Å². The van der Waals surface area contributed by atoms with Crippen LogP contribution in [0.4, 0.5) is 0 Å². The molecule has 1 aromatic carbocycles. The van der Waals surface area contributed by atoms with Crippen LogP contribution in [-0.4, -0.2) is 23.4 Å². The highest BCUT2D eigenvalue weighted by atomic mass is 35.5. The fraction of sp³-hybridized carbons (Fsp3) is 0.308. The Bertz CT molecular complexity index is 502. The number of halogens is 1. The number of hydrogen-bond acceptors (Lipinski definition) is 3. The van der Waals surface area contributed by atoms with Crippen LogP contribution in [0.3, 0.4) is 0 Å². The van der Waals surface area contributed by atoms with Crippen molar-refractivity contribution in [3.8, 4) is 5.75 Å². The molecule has 4 nitrogen and oxygen atoms in total. The Balaban J connectivity index is 2.32. The van der Waals surface area contributed by atoms with Gasteiger partial charge in [-0.2, -0.15) is 5.10 Å². The summed E-state index contributed by atoms with van der Waals surface area (Å²) >= 11 is 6.02. The van der Waals surface area contributed by atoms with Crippen LogP contribution in [0.25, 0.3) is 0 Å². The van der Waals surface area contributed by atoms with Gasteiger partial charge in [-0.3, -0.25) is 4.68 Å². The van der Waals surface area contributed by atoms with Crippen molar-refractivity contribution in [3.63, 3.8) is 0 Å². The molecule has 0 bridgehead atoms. The van der Waals surface area contributed by atoms with E-state index < -0.39 is 0 Å². The van der Waals surface area contributed by atoms with Crippen molar-refractivity contribution in [2.24, 2.45) is 5.73 Å². The molecule has 96 valence electrons. The summed E-state index contributed by atoms with van der Waals surface area (Å²) in [4.78, 5) is 0. The van der Waals surface area contributed by atoms with E-state index in [9.17, 15) is 0 Å². The molecule has 1 unspecified atom stereocenters. The molecule has 0 spiro atoms. The van der Waals surface area contributed by atoms with Gasteiger partial charge in [-0.05, 0) is 24.6 Å². The van der Waals surface area contributed by atoms with Crippen molar-refractivity contribution in [1.82, 2.24) is 9.78 Å². The topological polar surface area (TPSA) is 53.1 Å². The summed E-state index contributed by atoms with van der Waals surface area (Å²) in [6, 6.07) is 7.79. The van der Waals surface area contributed by atoms with Crippen LogP contribution in [0.1, 0.15) is 17.3 Å². The SMILES string of the molecule is COc1ccc(C(CN)n2cc(Cl)c(C)n2)cc1. The van der Waals surface area contributed by atoms with Gasteiger partial charge in [0.05, 0.1) is 23.9 Å². The molecule has 0 amide bonds. The smallest absolute Gasteiger partial charge is 0.118 e. The van der Waals surface area contributed by atoms with Gasteiger partial charge in [0.1, 0.15) is 5.75 Å². The van der Waals surface area contributed by atoms with Crippen LogP contribution < -0.4 is 10.5 Å². The van der Waals surface area contributed by atoms with Gasteiger partial charge in [-0.1, -0.05) is 23.7 Å². The largest absolute Gasteiger partial charge is 0.497 e. The molecule has 0 aliphatic carbocycles. The molecule has 1 atom stereocenters. The molecule has 2 rings (SSSR count). The minimum Gasteiger partial charge on any atom is -0.497 e. The Hall–Kier alpha value is -1.52. The van der Waals surface area contributed by atoms with E-state index in [-0.39, 0.29) is 6.04 Å². The highest BCUT2D eigenvalue weighted by Crippen LogP contribution is 2.22. The van der Waals surface area contributed by atoms with E-state index in [4.69, 9.17) is 22.1 Å². The first-order valence-electron chi connectivity index (χ1n) is 5.71. The Morgan fingerprint density at radius 2 is 2.06 bits per heavy atom. The lowest BCUT2D eigenvalue weighted by Gasteiger charge is -2.16. The molecular weight excluding hydrogens is 250 g/mol. The second-order valence-electron chi connectivity index (χ2n) is 4.07. The van der Waals surface area contributed by atoms with Crippen molar-refractivity contribution < 1.29 is 4.74 Å². The fourth-order valence-electron chi connectivity index (χ4n) is 1.84. The number of nitrogens with two attached hydrogens (primary N) is 1. The lowest BCUT2D eigenvalue weighted by Crippen LogP contribution is -2.21. The third kappa shape index (κ3) is 2.49. The van der Waals surface area contributed by atoms with Crippen molar-refractivity contribution >= 4 is 11.6 Å². The summed E-state index contributed by atoms with van der Waals surface area (Å²) in [5, 5.41) is 5.03. The normalized spacial score (nSPS) is 12.4. The molecular formula is C13H16ClN3O. The summed E-state index contributed by atoms with van der Waals surface area (Å²) in [5.41, 5.74) is 7.72. The third-order valence-electron chi connectivity index (χ3n) is 2.90. The standard InChI is InChI=1S/C13H16ClN3O/c1-9-12(14)8-17(16-9)13(7-15)10-3-5-11(18-2)6-4-10/h3-6,8,13H,7,15H2,1-2H3. The van der Waals surface area contributed by atoms with Crippen LogP contribution in [0.15, 0.2) is 30.5 Å². The molecule has 0 fully saturated rings. The van der Waals surface area contributed by atoms with Crippen molar-refractivity contribution in [3.05, 3.63) is 46.7 Å². The molecule has 1 heterocycles. The number of rotatable bonds is 4. The van der Waals surface area contributed by atoms with E-state index in [0.717, 1.165) is 17.0 Å². The number of aromatic nitrogens is 2. The monoisotopic (exact) mass is 265 g/mol. The number of hydrogen-bond donors (Lipinski definition) is 1. The zero-order valence-electron chi connectivity index (χ0n) is 10.4. The van der Waals surface area contributed by atoms with E-state index in [1.165, 1.54) is 0 Å². The molecule has 2 N–H and O–H groups in total. The van der Waals surface area contributed by atoms with E-state index in [2.05, 4.69) is 5.10 Å². The lowest BCUT2D eigenvalue weighted by atomic mass is 10.1. The summed E-state index contributed by atoms with van der Waals surface area (Å²) in [7, 11) is 1.64. The molecule has 0 radical (unpaired) electrons. The van der Waals surface area contributed by atoms with Crippen LogP contribution in [0, 0.1) is 6.92 Å². The third-order valence-corrected chi connectivity index (χ3v) is 3.27. The molecule has 18 heavy (non-hydrogen) atoms. The maximum Gasteiger partial charge on any atom is 0.118 e. The maximum absolute atomic E-state index is 6.02. The van der Waals surface area contributed by atoms with Gasteiger partial charge in [0.2, 0.25) is 0 Å². The predicted octanol–water partition coefficient (Wildman–Crippen LogP) is 2.40. The lowest BCUT2D eigenvalue weighted by molar-refractivity contribution is 0.414. The summed E-state index contributed by atoms with van der Waals surface area (Å²) in [5.74, 6) is 0.823. The predicted molar refractivity (Wildman–Crippen MR) is 72.2 cm³/mol. The van der Waals surface area contributed by atoms with Crippen LogP contribution in [-0.2, 0) is 0 Å². The minimum absolute atomic E-state index is 0.0119. The number of ether oxygens (including phenoxy) is 1. The minimum atomic E-state index is -0.0119. The molecule has 0 aliphatic heterocycles.